The summed E-state index contributed by atoms with van der Waals surface area (Å²) in [6.07, 6.45) is 5.51. The first-order valence-corrected chi connectivity index (χ1v) is 9.02. The van der Waals surface area contributed by atoms with Gasteiger partial charge in [0.2, 0.25) is 0 Å². The lowest BCUT2D eigenvalue weighted by Crippen LogP contribution is -2.22. The Bertz CT molecular complexity index is 351. The number of aliphatic hydroxyl groups excluding tert-OH is 1. The highest BCUT2D eigenvalue weighted by molar-refractivity contribution is 7.98. The summed E-state index contributed by atoms with van der Waals surface area (Å²) in [6, 6.07) is 8.32. The minimum Gasteiger partial charge on any atom is -0.387 e. The van der Waals surface area contributed by atoms with E-state index in [0.717, 1.165) is 12.1 Å². The molecule has 0 amide bonds. The quantitative estimate of drug-likeness (QED) is 0.641. The second-order valence-corrected chi connectivity index (χ2v) is 6.58. The Morgan fingerprint density at radius 1 is 1.05 bits per heavy atom. The third-order valence-electron chi connectivity index (χ3n) is 3.53. The number of unbranched alkanes of at least 4 members (excludes halogenated alkanes) is 2. The summed E-state index contributed by atoms with van der Waals surface area (Å²) < 4.78 is 0. The van der Waals surface area contributed by atoms with Gasteiger partial charge in [0, 0.05) is 6.54 Å². The Kier molecular flexibility index (Phi) is 8.99. The van der Waals surface area contributed by atoms with E-state index in [9.17, 15) is 5.11 Å². The molecular formula is C17H29NOS. The number of hydrogen-bond acceptors (Lipinski definition) is 3. The fraction of sp³-hybridized carbons (Fsp3) is 0.647. The molecule has 0 aliphatic rings. The Labute approximate surface area is 128 Å². The Balaban J connectivity index is 2.20. The van der Waals surface area contributed by atoms with Crippen LogP contribution in [-0.4, -0.2) is 30.2 Å². The third-order valence-corrected chi connectivity index (χ3v) is 4.22. The van der Waals surface area contributed by atoms with Crippen molar-refractivity contribution in [1.29, 1.82) is 0 Å². The monoisotopic (exact) mass is 295 g/mol. The van der Waals surface area contributed by atoms with E-state index in [2.05, 4.69) is 37.6 Å². The summed E-state index contributed by atoms with van der Waals surface area (Å²) in [5.41, 5.74) is 2.33. The molecule has 1 unspecified atom stereocenters. The molecule has 0 saturated heterocycles. The molecule has 20 heavy (non-hydrogen) atoms. The van der Waals surface area contributed by atoms with Crippen LogP contribution in [0.25, 0.3) is 0 Å². The van der Waals surface area contributed by atoms with Crippen molar-refractivity contribution in [3.8, 4) is 0 Å². The van der Waals surface area contributed by atoms with Crippen LogP contribution < -0.4 is 5.32 Å². The molecule has 0 fully saturated rings. The van der Waals surface area contributed by atoms with Crippen LogP contribution in [-0.2, 0) is 0 Å². The van der Waals surface area contributed by atoms with Crippen LogP contribution in [0.3, 0.4) is 0 Å². The van der Waals surface area contributed by atoms with Crippen molar-refractivity contribution in [2.24, 2.45) is 0 Å². The second kappa shape index (κ2) is 10.3. The summed E-state index contributed by atoms with van der Waals surface area (Å²) in [7, 11) is 0. The molecule has 2 nitrogen and oxygen atoms in total. The predicted octanol–water partition coefficient (Wildman–Crippen LogP) is 3.97. The highest BCUT2D eigenvalue weighted by atomic mass is 32.2. The van der Waals surface area contributed by atoms with E-state index < -0.39 is 6.10 Å². The number of aliphatic hydroxyl groups is 1. The van der Waals surface area contributed by atoms with Crippen LogP contribution >= 0.6 is 11.8 Å². The van der Waals surface area contributed by atoms with Gasteiger partial charge in [-0.3, -0.25) is 0 Å². The van der Waals surface area contributed by atoms with Gasteiger partial charge in [-0.05, 0) is 48.4 Å². The molecule has 0 spiro atoms. The van der Waals surface area contributed by atoms with E-state index in [0.29, 0.717) is 12.5 Å². The molecule has 1 aromatic rings. The molecule has 1 atom stereocenters. The molecule has 0 heterocycles. The second-order valence-electron chi connectivity index (χ2n) is 5.59. The summed E-state index contributed by atoms with van der Waals surface area (Å²) >= 11 is 1.91. The first-order chi connectivity index (χ1) is 9.65. The Morgan fingerprint density at radius 2 is 1.70 bits per heavy atom. The van der Waals surface area contributed by atoms with Crippen molar-refractivity contribution in [2.75, 3.05) is 25.1 Å². The van der Waals surface area contributed by atoms with Gasteiger partial charge in [0.25, 0.3) is 0 Å². The van der Waals surface area contributed by atoms with Crippen molar-refractivity contribution in [3.63, 3.8) is 0 Å². The zero-order chi connectivity index (χ0) is 14.8. The molecule has 1 rings (SSSR count). The standard InChI is InChI=1S/C17H29NOS/c1-14(2)15-7-9-16(10-8-15)17(19)13-18-11-5-4-6-12-20-3/h7-10,14,17-19H,4-6,11-13H2,1-3H3. The third kappa shape index (κ3) is 6.78. The molecule has 0 aliphatic carbocycles. The predicted molar refractivity (Wildman–Crippen MR) is 90.6 cm³/mol. The smallest absolute Gasteiger partial charge is 0.0914 e. The number of hydrogen-bond donors (Lipinski definition) is 2. The Hall–Kier alpha value is -0.510. The summed E-state index contributed by atoms with van der Waals surface area (Å²) in [6.45, 7) is 6.01. The number of nitrogens with one attached hydrogen (secondary N) is 1. The average Bonchev–Trinajstić information content (AvgIpc) is 2.46. The van der Waals surface area contributed by atoms with Crippen LogP contribution in [0.1, 0.15) is 56.3 Å². The lowest BCUT2D eigenvalue weighted by Gasteiger charge is -2.13. The molecule has 0 aromatic heterocycles. The van der Waals surface area contributed by atoms with Gasteiger partial charge in [0.15, 0.2) is 0 Å². The lowest BCUT2D eigenvalue weighted by atomic mass is 10.00. The van der Waals surface area contributed by atoms with Crippen LogP contribution in [0.5, 0.6) is 0 Å². The SMILES string of the molecule is CSCCCCCNCC(O)c1ccc(C(C)C)cc1. The average molecular weight is 295 g/mol. The van der Waals surface area contributed by atoms with Gasteiger partial charge >= 0.3 is 0 Å². The minimum atomic E-state index is -0.401. The van der Waals surface area contributed by atoms with E-state index in [4.69, 9.17) is 0 Å². The van der Waals surface area contributed by atoms with Crippen molar-refractivity contribution in [1.82, 2.24) is 5.32 Å². The van der Waals surface area contributed by atoms with Crippen molar-refractivity contribution in [3.05, 3.63) is 35.4 Å². The van der Waals surface area contributed by atoms with E-state index in [1.807, 2.05) is 23.9 Å². The number of rotatable bonds is 10. The Morgan fingerprint density at radius 3 is 2.30 bits per heavy atom. The molecule has 1 aromatic carbocycles. The van der Waals surface area contributed by atoms with Crippen LogP contribution in [0.2, 0.25) is 0 Å². The van der Waals surface area contributed by atoms with Crippen molar-refractivity contribution in [2.45, 2.75) is 45.1 Å². The van der Waals surface area contributed by atoms with Crippen molar-refractivity contribution >= 4 is 11.8 Å². The molecule has 0 saturated carbocycles. The molecular weight excluding hydrogens is 266 g/mol. The van der Waals surface area contributed by atoms with Gasteiger partial charge < -0.3 is 10.4 Å². The van der Waals surface area contributed by atoms with E-state index in [1.165, 1.54) is 30.6 Å². The summed E-state index contributed by atoms with van der Waals surface area (Å²) in [4.78, 5) is 0. The van der Waals surface area contributed by atoms with Gasteiger partial charge in [-0.1, -0.05) is 44.5 Å². The molecule has 2 N–H and O–H groups in total. The molecule has 0 aliphatic heterocycles. The largest absolute Gasteiger partial charge is 0.387 e. The van der Waals surface area contributed by atoms with Crippen LogP contribution in [0.15, 0.2) is 24.3 Å². The molecule has 3 heteroatoms. The van der Waals surface area contributed by atoms with E-state index >= 15 is 0 Å². The number of benzene rings is 1. The maximum absolute atomic E-state index is 10.1. The fourth-order valence-corrected chi connectivity index (χ4v) is 2.63. The minimum absolute atomic E-state index is 0.401. The number of thioether (sulfide) groups is 1. The highest BCUT2D eigenvalue weighted by Crippen LogP contribution is 2.18. The van der Waals surface area contributed by atoms with Crippen LogP contribution in [0.4, 0.5) is 0 Å². The zero-order valence-electron chi connectivity index (χ0n) is 13.1. The molecule has 114 valence electrons. The normalized spacial score (nSPS) is 12.8. The molecule has 0 bridgehead atoms. The maximum Gasteiger partial charge on any atom is 0.0914 e. The highest BCUT2D eigenvalue weighted by Gasteiger charge is 2.07. The van der Waals surface area contributed by atoms with Gasteiger partial charge in [-0.15, -0.1) is 0 Å². The van der Waals surface area contributed by atoms with Crippen LogP contribution in [0, 0.1) is 0 Å². The lowest BCUT2D eigenvalue weighted by molar-refractivity contribution is 0.174. The van der Waals surface area contributed by atoms with E-state index in [-0.39, 0.29) is 0 Å². The van der Waals surface area contributed by atoms with Gasteiger partial charge in [0.1, 0.15) is 0 Å². The van der Waals surface area contributed by atoms with E-state index in [1.54, 1.807) is 0 Å². The first kappa shape index (κ1) is 17.5. The van der Waals surface area contributed by atoms with Gasteiger partial charge in [0.05, 0.1) is 6.10 Å². The fourth-order valence-electron chi connectivity index (χ4n) is 2.13. The topological polar surface area (TPSA) is 32.3 Å². The van der Waals surface area contributed by atoms with Gasteiger partial charge in [-0.25, -0.2) is 0 Å². The maximum atomic E-state index is 10.1. The van der Waals surface area contributed by atoms with Crippen molar-refractivity contribution < 1.29 is 5.11 Å². The summed E-state index contributed by atoms with van der Waals surface area (Å²) in [5.74, 6) is 1.80. The summed E-state index contributed by atoms with van der Waals surface area (Å²) in [5, 5.41) is 13.5. The first-order valence-electron chi connectivity index (χ1n) is 7.62. The van der Waals surface area contributed by atoms with Gasteiger partial charge in [-0.2, -0.15) is 11.8 Å². The molecule has 0 radical (unpaired) electrons. The zero-order valence-corrected chi connectivity index (χ0v) is 13.9.